The molecule has 2 rings (SSSR count). The van der Waals surface area contributed by atoms with Crippen LogP contribution in [0, 0.1) is 19.8 Å². The van der Waals surface area contributed by atoms with E-state index < -0.39 is 0 Å². The summed E-state index contributed by atoms with van der Waals surface area (Å²) in [5, 5.41) is 9.53. The van der Waals surface area contributed by atoms with Gasteiger partial charge in [-0.15, -0.1) is 0 Å². The number of nitrogens with zero attached hydrogens (tertiary/aromatic N) is 2. The van der Waals surface area contributed by atoms with Crippen LogP contribution in [0.25, 0.3) is 0 Å². The van der Waals surface area contributed by atoms with Gasteiger partial charge in [-0.2, -0.15) is 0 Å². The highest BCUT2D eigenvalue weighted by atomic mass is 16.5. The molecule has 1 fully saturated rings. The van der Waals surface area contributed by atoms with Crippen LogP contribution in [0.5, 0.6) is 0 Å². The van der Waals surface area contributed by atoms with Crippen molar-refractivity contribution in [1.29, 1.82) is 0 Å². The fourth-order valence-electron chi connectivity index (χ4n) is 2.70. The Morgan fingerprint density at radius 1 is 1.50 bits per heavy atom. The van der Waals surface area contributed by atoms with E-state index in [1.165, 1.54) is 0 Å². The van der Waals surface area contributed by atoms with E-state index in [9.17, 15) is 5.11 Å². The number of aryl methyl sites for hydroxylation is 2. The number of aliphatic hydroxyl groups is 1. The van der Waals surface area contributed by atoms with Crippen molar-refractivity contribution in [2.75, 3.05) is 31.7 Å². The molecular weight excluding hydrogens is 228 g/mol. The summed E-state index contributed by atoms with van der Waals surface area (Å²) >= 11 is 0. The fourth-order valence-corrected chi connectivity index (χ4v) is 2.70. The molecule has 1 N–H and O–H groups in total. The molecule has 4 heteroatoms. The third kappa shape index (κ3) is 2.65. The predicted molar refractivity (Wildman–Crippen MR) is 71.8 cm³/mol. The Morgan fingerprint density at radius 2 is 2.28 bits per heavy atom. The lowest BCUT2D eigenvalue weighted by atomic mass is 10.1. The van der Waals surface area contributed by atoms with Gasteiger partial charge in [-0.25, -0.2) is 4.98 Å². The molecule has 0 spiro atoms. The SMILES string of the molecule is COCC1CCN(c2nc(C)cc(C)c2CO)C1. The topological polar surface area (TPSA) is 45.6 Å². The number of hydrogen-bond donors (Lipinski definition) is 1. The van der Waals surface area contributed by atoms with E-state index in [-0.39, 0.29) is 6.61 Å². The molecule has 100 valence electrons. The number of ether oxygens (including phenoxy) is 1. The normalized spacial score (nSPS) is 19.6. The number of rotatable bonds is 4. The molecular formula is C14H22N2O2. The Bertz CT molecular complexity index is 421. The van der Waals surface area contributed by atoms with Gasteiger partial charge in [-0.3, -0.25) is 0 Å². The van der Waals surface area contributed by atoms with Crippen LogP contribution >= 0.6 is 0 Å². The van der Waals surface area contributed by atoms with E-state index in [0.29, 0.717) is 5.92 Å². The highest BCUT2D eigenvalue weighted by Crippen LogP contribution is 2.28. The van der Waals surface area contributed by atoms with Crippen LogP contribution < -0.4 is 4.90 Å². The van der Waals surface area contributed by atoms with E-state index in [1.807, 2.05) is 19.9 Å². The standard InChI is InChI=1S/C14H22N2O2/c1-10-6-11(2)15-14(13(10)8-17)16-5-4-12(7-16)9-18-3/h6,12,17H,4-5,7-9H2,1-3H3. The van der Waals surface area contributed by atoms with E-state index in [1.54, 1.807) is 7.11 Å². The molecule has 1 saturated heterocycles. The van der Waals surface area contributed by atoms with Gasteiger partial charge in [0.2, 0.25) is 0 Å². The van der Waals surface area contributed by atoms with Crippen molar-refractivity contribution in [3.8, 4) is 0 Å². The van der Waals surface area contributed by atoms with Crippen molar-refractivity contribution in [1.82, 2.24) is 4.98 Å². The minimum Gasteiger partial charge on any atom is -0.392 e. The average molecular weight is 250 g/mol. The van der Waals surface area contributed by atoms with Gasteiger partial charge in [0.15, 0.2) is 0 Å². The minimum absolute atomic E-state index is 0.0554. The van der Waals surface area contributed by atoms with Gasteiger partial charge < -0.3 is 14.7 Å². The molecule has 0 amide bonds. The van der Waals surface area contributed by atoms with Crippen LogP contribution in [0.2, 0.25) is 0 Å². The second kappa shape index (κ2) is 5.67. The smallest absolute Gasteiger partial charge is 0.134 e. The summed E-state index contributed by atoms with van der Waals surface area (Å²) in [5.41, 5.74) is 3.09. The summed E-state index contributed by atoms with van der Waals surface area (Å²) in [7, 11) is 1.75. The number of aliphatic hydroxyl groups excluding tert-OH is 1. The van der Waals surface area contributed by atoms with Crippen LogP contribution in [-0.2, 0) is 11.3 Å². The van der Waals surface area contributed by atoms with Gasteiger partial charge in [-0.1, -0.05) is 0 Å². The second-order valence-electron chi connectivity index (χ2n) is 5.10. The first-order chi connectivity index (χ1) is 8.65. The maximum Gasteiger partial charge on any atom is 0.134 e. The molecule has 2 heterocycles. The average Bonchev–Trinajstić information content (AvgIpc) is 2.77. The summed E-state index contributed by atoms with van der Waals surface area (Å²) in [6, 6.07) is 2.03. The van der Waals surface area contributed by atoms with Crippen LogP contribution in [-0.4, -0.2) is 36.9 Å². The lowest BCUT2D eigenvalue weighted by molar-refractivity contribution is 0.161. The molecule has 4 nitrogen and oxygen atoms in total. The zero-order valence-electron chi connectivity index (χ0n) is 11.4. The van der Waals surface area contributed by atoms with Crippen molar-refractivity contribution in [2.45, 2.75) is 26.9 Å². The predicted octanol–water partition coefficient (Wildman–Crippen LogP) is 1.66. The summed E-state index contributed by atoms with van der Waals surface area (Å²) in [4.78, 5) is 6.88. The molecule has 1 aliphatic rings. The molecule has 0 aliphatic carbocycles. The molecule has 0 bridgehead atoms. The second-order valence-corrected chi connectivity index (χ2v) is 5.10. The Kier molecular flexibility index (Phi) is 4.19. The third-order valence-corrected chi connectivity index (χ3v) is 3.60. The molecule has 0 radical (unpaired) electrons. The first-order valence-corrected chi connectivity index (χ1v) is 6.47. The summed E-state index contributed by atoms with van der Waals surface area (Å²) in [6.45, 7) is 6.86. The lowest BCUT2D eigenvalue weighted by Gasteiger charge is -2.22. The molecule has 18 heavy (non-hydrogen) atoms. The Balaban J connectivity index is 2.23. The Morgan fingerprint density at radius 3 is 2.94 bits per heavy atom. The maximum atomic E-state index is 9.53. The Hall–Kier alpha value is -1.13. The van der Waals surface area contributed by atoms with Crippen molar-refractivity contribution >= 4 is 5.82 Å². The number of anilines is 1. The van der Waals surface area contributed by atoms with Crippen LogP contribution in [0.1, 0.15) is 23.2 Å². The first-order valence-electron chi connectivity index (χ1n) is 6.47. The van der Waals surface area contributed by atoms with E-state index in [0.717, 1.165) is 48.8 Å². The highest BCUT2D eigenvalue weighted by Gasteiger charge is 2.25. The Labute approximate surface area is 109 Å². The van der Waals surface area contributed by atoms with Gasteiger partial charge in [-0.05, 0) is 31.9 Å². The van der Waals surface area contributed by atoms with Gasteiger partial charge >= 0.3 is 0 Å². The first kappa shape index (κ1) is 13.3. The summed E-state index contributed by atoms with van der Waals surface area (Å²) in [5.74, 6) is 1.53. The number of aromatic nitrogens is 1. The molecule has 1 aliphatic heterocycles. The maximum absolute atomic E-state index is 9.53. The van der Waals surface area contributed by atoms with Gasteiger partial charge in [0, 0.05) is 37.4 Å². The van der Waals surface area contributed by atoms with Crippen molar-refractivity contribution in [2.24, 2.45) is 5.92 Å². The summed E-state index contributed by atoms with van der Waals surface area (Å²) < 4.78 is 5.22. The zero-order valence-corrected chi connectivity index (χ0v) is 11.4. The van der Waals surface area contributed by atoms with Crippen molar-refractivity contribution in [3.63, 3.8) is 0 Å². The van der Waals surface area contributed by atoms with Crippen molar-refractivity contribution in [3.05, 3.63) is 22.9 Å². The largest absolute Gasteiger partial charge is 0.392 e. The van der Waals surface area contributed by atoms with Crippen molar-refractivity contribution < 1.29 is 9.84 Å². The van der Waals surface area contributed by atoms with E-state index in [2.05, 4.69) is 9.88 Å². The molecule has 0 saturated carbocycles. The number of methoxy groups -OCH3 is 1. The van der Waals surface area contributed by atoms with E-state index >= 15 is 0 Å². The molecule has 0 aromatic carbocycles. The zero-order chi connectivity index (χ0) is 13.1. The highest BCUT2D eigenvalue weighted by molar-refractivity contribution is 5.52. The quantitative estimate of drug-likeness (QED) is 0.883. The minimum atomic E-state index is 0.0554. The number of pyridine rings is 1. The number of hydrogen-bond acceptors (Lipinski definition) is 4. The van der Waals surface area contributed by atoms with Crippen LogP contribution in [0.3, 0.4) is 0 Å². The van der Waals surface area contributed by atoms with Crippen LogP contribution in [0.15, 0.2) is 6.07 Å². The monoisotopic (exact) mass is 250 g/mol. The summed E-state index contributed by atoms with van der Waals surface area (Å²) in [6.07, 6.45) is 1.13. The molecule has 1 atom stereocenters. The molecule has 1 aromatic rings. The fraction of sp³-hybridized carbons (Fsp3) is 0.643. The van der Waals surface area contributed by atoms with E-state index in [4.69, 9.17) is 4.74 Å². The molecule has 1 aromatic heterocycles. The van der Waals surface area contributed by atoms with Gasteiger partial charge in [0.05, 0.1) is 13.2 Å². The molecule has 1 unspecified atom stereocenters. The lowest BCUT2D eigenvalue weighted by Crippen LogP contribution is -2.24. The van der Waals surface area contributed by atoms with Gasteiger partial charge in [0.25, 0.3) is 0 Å². The third-order valence-electron chi connectivity index (χ3n) is 3.60. The van der Waals surface area contributed by atoms with Gasteiger partial charge in [0.1, 0.15) is 5.82 Å². The van der Waals surface area contributed by atoms with Crippen LogP contribution in [0.4, 0.5) is 5.82 Å².